The number of hydrogen-bond donors (Lipinski definition) is 1. The van der Waals surface area contributed by atoms with Gasteiger partial charge in [-0.25, -0.2) is 0 Å². The Bertz CT molecular complexity index is 147. The van der Waals surface area contributed by atoms with E-state index in [-0.39, 0.29) is 5.54 Å². The number of hydrogen-bond acceptors (Lipinski definition) is 1. The van der Waals surface area contributed by atoms with E-state index in [4.69, 9.17) is 11.6 Å². The summed E-state index contributed by atoms with van der Waals surface area (Å²) in [6.07, 6.45) is 4.37. The topological polar surface area (TPSA) is 12.0 Å². The third-order valence-corrected chi connectivity index (χ3v) is 3.11. The molecular weight excluding hydrogens is 182 g/mol. The van der Waals surface area contributed by atoms with Gasteiger partial charge in [0.15, 0.2) is 0 Å². The molecule has 0 fully saturated rings. The zero-order valence-electron chi connectivity index (χ0n) is 9.28. The van der Waals surface area contributed by atoms with Crippen molar-refractivity contribution in [1.29, 1.82) is 0 Å². The maximum atomic E-state index is 5.96. The van der Waals surface area contributed by atoms with Gasteiger partial charge in [-0.2, -0.15) is 0 Å². The summed E-state index contributed by atoms with van der Waals surface area (Å²) in [4.78, 5) is 0. The first kappa shape index (κ1) is 13.0. The molecule has 0 saturated carbocycles. The Hall–Kier alpha value is -0.0100. The van der Waals surface area contributed by atoms with E-state index in [1.54, 1.807) is 0 Å². The highest BCUT2D eigenvalue weighted by Crippen LogP contribution is 2.16. The predicted molar refractivity (Wildman–Crippen MR) is 61.5 cm³/mol. The largest absolute Gasteiger partial charge is 0.307 e. The molecule has 0 spiro atoms. The van der Waals surface area contributed by atoms with Gasteiger partial charge in [-0.3, -0.25) is 0 Å². The fourth-order valence-electron chi connectivity index (χ4n) is 1.21. The normalized spacial score (nSPS) is 11.5. The molecule has 0 radical (unpaired) electrons. The molecule has 0 aromatic carbocycles. The summed E-state index contributed by atoms with van der Waals surface area (Å²) in [7, 11) is 0. The molecule has 2 heteroatoms. The Morgan fingerprint density at radius 3 is 2.15 bits per heavy atom. The monoisotopic (exact) mass is 203 g/mol. The van der Waals surface area contributed by atoms with Crippen LogP contribution in [0.4, 0.5) is 0 Å². The maximum absolute atomic E-state index is 5.96. The second kappa shape index (κ2) is 6.44. The lowest BCUT2D eigenvalue weighted by Gasteiger charge is -2.30. The highest BCUT2D eigenvalue weighted by atomic mass is 35.5. The molecule has 0 bridgehead atoms. The van der Waals surface area contributed by atoms with E-state index in [0.29, 0.717) is 5.88 Å². The molecule has 0 aliphatic heterocycles. The molecule has 0 rings (SSSR count). The van der Waals surface area contributed by atoms with Crippen molar-refractivity contribution < 1.29 is 0 Å². The number of allylic oxidation sites excluding steroid dienone is 1. The van der Waals surface area contributed by atoms with Crippen LogP contribution in [0.5, 0.6) is 0 Å². The summed E-state index contributed by atoms with van der Waals surface area (Å²) >= 11 is 5.96. The van der Waals surface area contributed by atoms with Gasteiger partial charge in [-0.1, -0.05) is 25.5 Å². The fourth-order valence-corrected chi connectivity index (χ4v) is 1.68. The Kier molecular flexibility index (Phi) is 6.44. The first-order chi connectivity index (χ1) is 6.10. The van der Waals surface area contributed by atoms with Crippen LogP contribution in [0.3, 0.4) is 0 Å². The van der Waals surface area contributed by atoms with E-state index in [1.807, 2.05) is 0 Å². The molecule has 13 heavy (non-hydrogen) atoms. The zero-order valence-corrected chi connectivity index (χ0v) is 10.0. The van der Waals surface area contributed by atoms with Gasteiger partial charge < -0.3 is 5.32 Å². The molecule has 0 amide bonds. The van der Waals surface area contributed by atoms with Gasteiger partial charge >= 0.3 is 0 Å². The summed E-state index contributed by atoms with van der Waals surface area (Å²) in [5, 5.41) is 3.51. The van der Waals surface area contributed by atoms with Crippen LogP contribution < -0.4 is 5.32 Å². The quantitative estimate of drug-likeness (QED) is 0.516. The molecule has 1 N–H and O–H groups in total. The van der Waals surface area contributed by atoms with Crippen molar-refractivity contribution in [2.75, 3.05) is 12.4 Å². The SMILES string of the molecule is CCC(CC)(CCl)NCC=C(C)C. The van der Waals surface area contributed by atoms with Crippen LogP contribution in [0, 0.1) is 0 Å². The molecule has 0 aliphatic rings. The van der Waals surface area contributed by atoms with Crippen molar-refractivity contribution in [2.24, 2.45) is 0 Å². The van der Waals surface area contributed by atoms with Gasteiger partial charge in [0.05, 0.1) is 0 Å². The lowest BCUT2D eigenvalue weighted by Crippen LogP contribution is -2.46. The summed E-state index contributed by atoms with van der Waals surface area (Å²) < 4.78 is 0. The minimum Gasteiger partial charge on any atom is -0.307 e. The van der Waals surface area contributed by atoms with Gasteiger partial charge in [-0.15, -0.1) is 11.6 Å². The van der Waals surface area contributed by atoms with Crippen LogP contribution in [0.1, 0.15) is 40.5 Å². The van der Waals surface area contributed by atoms with E-state index in [9.17, 15) is 0 Å². The molecule has 0 aliphatic carbocycles. The zero-order chi connectivity index (χ0) is 10.3. The molecule has 0 heterocycles. The van der Waals surface area contributed by atoms with Crippen LogP contribution in [0.15, 0.2) is 11.6 Å². The second-order valence-corrected chi connectivity index (χ2v) is 4.05. The van der Waals surface area contributed by atoms with Gasteiger partial charge in [0.1, 0.15) is 0 Å². The standard InChI is InChI=1S/C11H22ClN/c1-5-11(6-2,9-12)13-8-7-10(3)4/h7,13H,5-6,8-9H2,1-4H3. The van der Waals surface area contributed by atoms with E-state index >= 15 is 0 Å². The van der Waals surface area contributed by atoms with E-state index in [2.05, 4.69) is 39.1 Å². The number of alkyl halides is 1. The molecule has 0 saturated heterocycles. The predicted octanol–water partition coefficient (Wildman–Crippen LogP) is 3.34. The molecular formula is C11H22ClN. The fraction of sp³-hybridized carbons (Fsp3) is 0.818. The van der Waals surface area contributed by atoms with Crippen LogP contribution in [-0.4, -0.2) is 18.0 Å². The molecule has 0 atom stereocenters. The van der Waals surface area contributed by atoms with E-state index in [1.165, 1.54) is 5.57 Å². The van der Waals surface area contributed by atoms with Crippen molar-refractivity contribution >= 4 is 11.6 Å². The Morgan fingerprint density at radius 2 is 1.85 bits per heavy atom. The Balaban J connectivity index is 4.03. The van der Waals surface area contributed by atoms with Crippen molar-refractivity contribution in [3.63, 3.8) is 0 Å². The van der Waals surface area contributed by atoms with Gasteiger partial charge in [-0.05, 0) is 26.7 Å². The lowest BCUT2D eigenvalue weighted by molar-refractivity contribution is 0.351. The van der Waals surface area contributed by atoms with Gasteiger partial charge in [0, 0.05) is 18.0 Å². The van der Waals surface area contributed by atoms with Crippen molar-refractivity contribution in [3.8, 4) is 0 Å². The van der Waals surface area contributed by atoms with Crippen molar-refractivity contribution in [3.05, 3.63) is 11.6 Å². The molecule has 0 unspecified atom stereocenters. The minimum atomic E-state index is 0.132. The molecule has 0 aromatic rings. The molecule has 0 aromatic heterocycles. The van der Waals surface area contributed by atoms with Crippen molar-refractivity contribution in [1.82, 2.24) is 5.32 Å². The summed E-state index contributed by atoms with van der Waals surface area (Å²) in [6, 6.07) is 0. The highest BCUT2D eigenvalue weighted by molar-refractivity contribution is 6.18. The number of nitrogens with one attached hydrogen (secondary N) is 1. The minimum absolute atomic E-state index is 0.132. The number of rotatable bonds is 6. The molecule has 1 nitrogen and oxygen atoms in total. The smallest absolute Gasteiger partial charge is 0.0405 e. The van der Waals surface area contributed by atoms with Gasteiger partial charge in [0.2, 0.25) is 0 Å². The second-order valence-electron chi connectivity index (χ2n) is 3.78. The summed E-state index contributed by atoms with van der Waals surface area (Å²) in [5.74, 6) is 0.691. The summed E-state index contributed by atoms with van der Waals surface area (Å²) in [5.41, 5.74) is 1.48. The highest BCUT2D eigenvalue weighted by Gasteiger charge is 2.22. The summed E-state index contributed by atoms with van der Waals surface area (Å²) in [6.45, 7) is 9.52. The van der Waals surface area contributed by atoms with Crippen LogP contribution >= 0.6 is 11.6 Å². The lowest BCUT2D eigenvalue weighted by atomic mass is 9.95. The van der Waals surface area contributed by atoms with Gasteiger partial charge in [0.25, 0.3) is 0 Å². The number of halogens is 1. The first-order valence-electron chi connectivity index (χ1n) is 5.04. The Morgan fingerprint density at radius 1 is 1.31 bits per heavy atom. The average molecular weight is 204 g/mol. The third kappa shape index (κ3) is 4.68. The third-order valence-electron chi connectivity index (χ3n) is 2.60. The molecule has 78 valence electrons. The van der Waals surface area contributed by atoms with Crippen LogP contribution in [0.2, 0.25) is 0 Å². The van der Waals surface area contributed by atoms with Crippen LogP contribution in [0.25, 0.3) is 0 Å². The Labute approximate surface area is 87.6 Å². The average Bonchev–Trinajstić information content (AvgIpc) is 2.13. The maximum Gasteiger partial charge on any atom is 0.0405 e. The van der Waals surface area contributed by atoms with E-state index < -0.39 is 0 Å². The van der Waals surface area contributed by atoms with Crippen molar-refractivity contribution in [2.45, 2.75) is 46.1 Å². The first-order valence-corrected chi connectivity index (χ1v) is 5.58. The van der Waals surface area contributed by atoms with E-state index in [0.717, 1.165) is 19.4 Å². The van der Waals surface area contributed by atoms with Crippen LogP contribution in [-0.2, 0) is 0 Å².